The van der Waals surface area contributed by atoms with Gasteiger partial charge in [0, 0.05) is 12.1 Å². The van der Waals surface area contributed by atoms with Crippen molar-refractivity contribution in [1.29, 1.82) is 0 Å². The summed E-state index contributed by atoms with van der Waals surface area (Å²) >= 11 is 0. The van der Waals surface area contributed by atoms with Gasteiger partial charge in [0.1, 0.15) is 11.7 Å². The first kappa shape index (κ1) is 23.4. The van der Waals surface area contributed by atoms with Crippen molar-refractivity contribution in [3.63, 3.8) is 0 Å². The van der Waals surface area contributed by atoms with Gasteiger partial charge in [-0.2, -0.15) is 0 Å². The first-order valence-electron chi connectivity index (χ1n) is 12.1. The van der Waals surface area contributed by atoms with Crippen LogP contribution in [0.4, 0.5) is 0 Å². The van der Waals surface area contributed by atoms with Gasteiger partial charge in [-0.1, -0.05) is 92.6 Å². The lowest BCUT2D eigenvalue weighted by Crippen LogP contribution is -2.39. The SMILES string of the molecule is CCCCCNC(=O)C(CCc1ccccc1)n1c(=O)c(-c2ccccc2)nc2ccccc21. The number of para-hydroxylation sites is 2. The van der Waals surface area contributed by atoms with Crippen molar-refractivity contribution in [2.75, 3.05) is 6.54 Å². The lowest BCUT2D eigenvalue weighted by Gasteiger charge is -2.22. The van der Waals surface area contributed by atoms with Crippen molar-refractivity contribution in [3.05, 3.63) is 101 Å². The topological polar surface area (TPSA) is 64.0 Å². The molecule has 1 atom stereocenters. The minimum atomic E-state index is -0.635. The van der Waals surface area contributed by atoms with Crippen LogP contribution in [-0.4, -0.2) is 22.0 Å². The van der Waals surface area contributed by atoms with Crippen molar-refractivity contribution < 1.29 is 4.79 Å². The van der Waals surface area contributed by atoms with E-state index in [2.05, 4.69) is 29.4 Å². The number of carbonyl (C=O) groups is 1. The minimum Gasteiger partial charge on any atom is -0.354 e. The van der Waals surface area contributed by atoms with Crippen LogP contribution in [0.15, 0.2) is 89.7 Å². The summed E-state index contributed by atoms with van der Waals surface area (Å²) in [7, 11) is 0. The molecule has 4 rings (SSSR count). The molecule has 0 saturated heterocycles. The van der Waals surface area contributed by atoms with Gasteiger partial charge in [0.05, 0.1) is 11.0 Å². The third-order valence-corrected chi connectivity index (χ3v) is 6.09. The van der Waals surface area contributed by atoms with E-state index in [0.29, 0.717) is 36.1 Å². The fourth-order valence-electron chi connectivity index (χ4n) is 4.28. The van der Waals surface area contributed by atoms with E-state index in [0.717, 1.165) is 30.4 Å². The zero-order chi connectivity index (χ0) is 23.8. The van der Waals surface area contributed by atoms with Gasteiger partial charge in [-0.25, -0.2) is 4.98 Å². The molecule has 0 aliphatic carbocycles. The molecular weight excluding hydrogens is 422 g/mol. The van der Waals surface area contributed by atoms with Crippen LogP contribution in [0.5, 0.6) is 0 Å². The third kappa shape index (κ3) is 5.42. The molecule has 1 N–H and O–H groups in total. The molecule has 174 valence electrons. The van der Waals surface area contributed by atoms with E-state index in [1.165, 1.54) is 0 Å². The summed E-state index contributed by atoms with van der Waals surface area (Å²) in [4.78, 5) is 32.0. The quantitative estimate of drug-likeness (QED) is 0.321. The molecule has 5 heteroatoms. The second-order valence-corrected chi connectivity index (χ2v) is 8.53. The van der Waals surface area contributed by atoms with Crippen LogP contribution in [0.1, 0.15) is 44.2 Å². The Labute approximate surface area is 200 Å². The number of carbonyl (C=O) groups excluding carboxylic acids is 1. The Balaban J connectivity index is 1.79. The third-order valence-electron chi connectivity index (χ3n) is 6.09. The van der Waals surface area contributed by atoms with Crippen LogP contribution >= 0.6 is 0 Å². The maximum atomic E-state index is 13.8. The monoisotopic (exact) mass is 453 g/mol. The number of fused-ring (bicyclic) bond motifs is 1. The summed E-state index contributed by atoms with van der Waals surface area (Å²) in [6.07, 6.45) is 4.28. The molecule has 3 aromatic carbocycles. The van der Waals surface area contributed by atoms with Crippen molar-refractivity contribution in [2.45, 2.75) is 45.1 Å². The molecule has 1 unspecified atom stereocenters. The molecule has 1 heterocycles. The van der Waals surface area contributed by atoms with Gasteiger partial charge in [0.15, 0.2) is 0 Å². The summed E-state index contributed by atoms with van der Waals surface area (Å²) in [6.45, 7) is 2.75. The van der Waals surface area contributed by atoms with Gasteiger partial charge < -0.3 is 5.32 Å². The molecule has 0 spiro atoms. The largest absolute Gasteiger partial charge is 0.354 e. The predicted octanol–water partition coefficient (Wildman–Crippen LogP) is 5.54. The number of rotatable bonds is 10. The highest BCUT2D eigenvalue weighted by atomic mass is 16.2. The Morgan fingerprint density at radius 2 is 1.59 bits per heavy atom. The van der Waals surface area contributed by atoms with E-state index in [4.69, 9.17) is 0 Å². The molecule has 4 aromatic rings. The maximum Gasteiger partial charge on any atom is 0.278 e. The second kappa shape index (κ2) is 11.4. The van der Waals surface area contributed by atoms with Gasteiger partial charge in [0.2, 0.25) is 5.91 Å². The van der Waals surface area contributed by atoms with Crippen LogP contribution in [0.3, 0.4) is 0 Å². The van der Waals surface area contributed by atoms with Crippen LogP contribution < -0.4 is 10.9 Å². The normalized spacial score (nSPS) is 11.9. The minimum absolute atomic E-state index is 0.121. The average Bonchev–Trinajstić information content (AvgIpc) is 2.88. The number of benzene rings is 3. The Hall–Kier alpha value is -3.73. The number of hydrogen-bond acceptors (Lipinski definition) is 3. The fourth-order valence-corrected chi connectivity index (χ4v) is 4.28. The Morgan fingerprint density at radius 3 is 2.32 bits per heavy atom. The Morgan fingerprint density at radius 1 is 0.912 bits per heavy atom. The van der Waals surface area contributed by atoms with E-state index in [-0.39, 0.29) is 11.5 Å². The Kier molecular flexibility index (Phi) is 7.87. The van der Waals surface area contributed by atoms with Crippen LogP contribution in [-0.2, 0) is 11.2 Å². The summed E-state index contributed by atoms with van der Waals surface area (Å²) in [5, 5.41) is 3.08. The fraction of sp³-hybridized carbons (Fsp3) is 0.276. The molecule has 0 bridgehead atoms. The van der Waals surface area contributed by atoms with E-state index in [1.54, 1.807) is 4.57 Å². The number of hydrogen-bond donors (Lipinski definition) is 1. The van der Waals surface area contributed by atoms with E-state index in [9.17, 15) is 9.59 Å². The van der Waals surface area contributed by atoms with E-state index < -0.39 is 6.04 Å². The van der Waals surface area contributed by atoms with Gasteiger partial charge in [-0.3, -0.25) is 14.2 Å². The van der Waals surface area contributed by atoms with Crippen LogP contribution in [0.25, 0.3) is 22.3 Å². The molecule has 0 aliphatic rings. The molecule has 5 nitrogen and oxygen atoms in total. The Bertz CT molecular complexity index is 1280. The van der Waals surface area contributed by atoms with Gasteiger partial charge >= 0.3 is 0 Å². The molecule has 0 radical (unpaired) electrons. The second-order valence-electron chi connectivity index (χ2n) is 8.53. The summed E-state index contributed by atoms with van der Waals surface area (Å²) in [5.74, 6) is -0.121. The highest BCUT2D eigenvalue weighted by Gasteiger charge is 2.25. The highest BCUT2D eigenvalue weighted by Crippen LogP contribution is 2.23. The molecule has 0 saturated carbocycles. The number of amides is 1. The number of unbranched alkanes of at least 4 members (excludes halogenated alkanes) is 2. The molecule has 1 aromatic heterocycles. The van der Waals surface area contributed by atoms with E-state index in [1.807, 2.05) is 72.8 Å². The van der Waals surface area contributed by atoms with Gasteiger partial charge in [0.25, 0.3) is 5.56 Å². The van der Waals surface area contributed by atoms with Crippen LogP contribution in [0.2, 0.25) is 0 Å². The molecule has 0 aliphatic heterocycles. The predicted molar refractivity (Wildman–Crippen MR) is 138 cm³/mol. The summed E-state index contributed by atoms with van der Waals surface area (Å²) in [6, 6.07) is 26.5. The number of aryl methyl sites for hydroxylation is 1. The van der Waals surface area contributed by atoms with Crippen molar-refractivity contribution in [2.24, 2.45) is 0 Å². The standard InChI is InChI=1S/C29H31N3O2/c1-2-3-12-21-30-28(33)26(20-19-22-13-6-4-7-14-22)32-25-18-11-10-17-24(25)31-27(29(32)34)23-15-8-5-9-16-23/h4-11,13-18,26H,2-3,12,19-21H2,1H3,(H,30,33). The van der Waals surface area contributed by atoms with Crippen LogP contribution in [0, 0.1) is 0 Å². The molecule has 34 heavy (non-hydrogen) atoms. The zero-order valence-electron chi connectivity index (χ0n) is 19.6. The van der Waals surface area contributed by atoms with Gasteiger partial charge in [-0.15, -0.1) is 0 Å². The van der Waals surface area contributed by atoms with Gasteiger partial charge in [-0.05, 0) is 37.0 Å². The average molecular weight is 454 g/mol. The van der Waals surface area contributed by atoms with Crippen molar-refractivity contribution >= 4 is 16.9 Å². The lowest BCUT2D eigenvalue weighted by molar-refractivity contribution is -0.124. The van der Waals surface area contributed by atoms with E-state index >= 15 is 0 Å². The number of aromatic nitrogens is 2. The molecule has 0 fully saturated rings. The number of nitrogens with one attached hydrogen (secondary N) is 1. The molecular formula is C29H31N3O2. The molecule has 1 amide bonds. The zero-order valence-corrected chi connectivity index (χ0v) is 19.6. The van der Waals surface area contributed by atoms with Crippen molar-refractivity contribution in [1.82, 2.24) is 14.9 Å². The summed E-state index contributed by atoms with van der Waals surface area (Å²) < 4.78 is 1.66. The highest BCUT2D eigenvalue weighted by molar-refractivity contribution is 5.84. The first-order chi connectivity index (χ1) is 16.7. The first-order valence-corrected chi connectivity index (χ1v) is 12.1. The summed E-state index contributed by atoms with van der Waals surface area (Å²) in [5.41, 5.74) is 3.38. The van der Waals surface area contributed by atoms with Crippen molar-refractivity contribution in [3.8, 4) is 11.3 Å². The number of nitrogens with zero attached hydrogens (tertiary/aromatic N) is 2. The lowest BCUT2D eigenvalue weighted by atomic mass is 10.0. The maximum absolute atomic E-state index is 13.8. The smallest absolute Gasteiger partial charge is 0.278 e.